The molecule has 0 saturated carbocycles. The zero-order valence-corrected chi connectivity index (χ0v) is 11.9. The Labute approximate surface area is 106 Å². The van der Waals surface area contributed by atoms with Gasteiger partial charge in [-0.3, -0.25) is 4.79 Å². The first-order valence-corrected chi connectivity index (χ1v) is 6.96. The molecule has 0 aromatic rings. The van der Waals surface area contributed by atoms with Gasteiger partial charge in [-0.2, -0.15) is 0 Å². The summed E-state index contributed by atoms with van der Waals surface area (Å²) in [5.41, 5.74) is 5.85. The molecule has 100 valence electrons. The molecule has 0 radical (unpaired) electrons. The Morgan fingerprint density at radius 3 is 2.29 bits per heavy atom. The highest BCUT2D eigenvalue weighted by Crippen LogP contribution is 2.36. The standard InChI is InChI=1S/C14H28N2O/c1-5-13(4)8-9-16(11-13)12(17)14(6-2,7-3)10-15/h5-11,15H2,1-4H3. The van der Waals surface area contributed by atoms with Gasteiger partial charge < -0.3 is 10.6 Å². The molecule has 0 spiro atoms. The van der Waals surface area contributed by atoms with Gasteiger partial charge in [-0.25, -0.2) is 0 Å². The summed E-state index contributed by atoms with van der Waals surface area (Å²) in [6.07, 6.45) is 3.96. The Hall–Kier alpha value is -0.570. The third kappa shape index (κ3) is 2.65. The monoisotopic (exact) mass is 240 g/mol. The van der Waals surface area contributed by atoms with Crippen molar-refractivity contribution in [3.63, 3.8) is 0 Å². The van der Waals surface area contributed by atoms with Gasteiger partial charge in [0.1, 0.15) is 0 Å². The van der Waals surface area contributed by atoms with E-state index in [-0.39, 0.29) is 11.3 Å². The maximum atomic E-state index is 12.6. The van der Waals surface area contributed by atoms with E-state index in [4.69, 9.17) is 5.73 Å². The van der Waals surface area contributed by atoms with Crippen LogP contribution in [0.5, 0.6) is 0 Å². The molecule has 0 aromatic heterocycles. The van der Waals surface area contributed by atoms with E-state index in [1.807, 2.05) is 4.90 Å². The molecule has 2 N–H and O–H groups in total. The summed E-state index contributed by atoms with van der Waals surface area (Å²) >= 11 is 0. The molecule has 1 aliphatic heterocycles. The Morgan fingerprint density at radius 1 is 1.35 bits per heavy atom. The molecule has 3 heteroatoms. The van der Waals surface area contributed by atoms with Crippen LogP contribution in [-0.2, 0) is 4.79 Å². The largest absolute Gasteiger partial charge is 0.342 e. The second kappa shape index (κ2) is 5.38. The van der Waals surface area contributed by atoms with Gasteiger partial charge in [0.25, 0.3) is 0 Å². The van der Waals surface area contributed by atoms with Gasteiger partial charge in [0.15, 0.2) is 0 Å². The van der Waals surface area contributed by atoms with Gasteiger partial charge in [0.2, 0.25) is 5.91 Å². The smallest absolute Gasteiger partial charge is 0.230 e. The number of hydrogen-bond acceptors (Lipinski definition) is 2. The van der Waals surface area contributed by atoms with Crippen molar-refractivity contribution < 1.29 is 4.79 Å². The van der Waals surface area contributed by atoms with E-state index in [1.54, 1.807) is 0 Å². The first-order chi connectivity index (χ1) is 7.97. The number of hydrogen-bond donors (Lipinski definition) is 1. The molecular weight excluding hydrogens is 212 g/mol. The highest BCUT2D eigenvalue weighted by molar-refractivity contribution is 5.83. The molecule has 1 aliphatic rings. The minimum atomic E-state index is -0.320. The van der Waals surface area contributed by atoms with Gasteiger partial charge in [0.05, 0.1) is 5.41 Å². The summed E-state index contributed by atoms with van der Waals surface area (Å²) in [6, 6.07) is 0. The van der Waals surface area contributed by atoms with Crippen molar-refractivity contribution in [2.75, 3.05) is 19.6 Å². The van der Waals surface area contributed by atoms with E-state index < -0.39 is 0 Å². The van der Waals surface area contributed by atoms with Gasteiger partial charge in [-0.15, -0.1) is 0 Å². The van der Waals surface area contributed by atoms with Crippen molar-refractivity contribution in [1.29, 1.82) is 0 Å². The molecule has 1 heterocycles. The number of carbonyl (C=O) groups is 1. The van der Waals surface area contributed by atoms with Crippen molar-refractivity contribution in [3.8, 4) is 0 Å². The first-order valence-electron chi connectivity index (χ1n) is 6.96. The highest BCUT2D eigenvalue weighted by atomic mass is 16.2. The average Bonchev–Trinajstić information content (AvgIpc) is 2.75. The Bertz CT molecular complexity index is 265. The average molecular weight is 240 g/mol. The highest BCUT2D eigenvalue weighted by Gasteiger charge is 2.42. The van der Waals surface area contributed by atoms with Crippen LogP contribution >= 0.6 is 0 Å². The molecule has 1 fully saturated rings. The summed E-state index contributed by atoms with van der Waals surface area (Å²) in [4.78, 5) is 14.7. The Balaban J connectivity index is 2.78. The molecular formula is C14H28N2O. The van der Waals surface area contributed by atoms with Crippen molar-refractivity contribution in [2.45, 2.75) is 53.4 Å². The van der Waals surface area contributed by atoms with Crippen LogP contribution in [0.2, 0.25) is 0 Å². The Morgan fingerprint density at radius 2 is 1.94 bits per heavy atom. The van der Waals surface area contributed by atoms with Gasteiger partial charge in [-0.1, -0.05) is 27.7 Å². The SMILES string of the molecule is CCC1(C)CCN(C(=O)C(CC)(CC)CN)C1. The third-order valence-corrected chi connectivity index (χ3v) is 4.90. The molecule has 1 atom stereocenters. The van der Waals surface area contributed by atoms with Gasteiger partial charge in [0, 0.05) is 19.6 Å². The van der Waals surface area contributed by atoms with Crippen LogP contribution < -0.4 is 5.73 Å². The van der Waals surface area contributed by atoms with Crippen LogP contribution in [0.4, 0.5) is 0 Å². The first kappa shape index (κ1) is 14.5. The molecule has 1 rings (SSSR count). The number of rotatable bonds is 5. The van der Waals surface area contributed by atoms with Crippen LogP contribution in [0.15, 0.2) is 0 Å². The van der Waals surface area contributed by atoms with E-state index in [0.29, 0.717) is 12.0 Å². The van der Waals surface area contributed by atoms with E-state index in [2.05, 4.69) is 27.7 Å². The molecule has 0 aromatic carbocycles. The van der Waals surface area contributed by atoms with Gasteiger partial charge >= 0.3 is 0 Å². The fourth-order valence-corrected chi connectivity index (χ4v) is 2.75. The van der Waals surface area contributed by atoms with E-state index in [9.17, 15) is 4.79 Å². The number of likely N-dealkylation sites (tertiary alicyclic amines) is 1. The lowest BCUT2D eigenvalue weighted by molar-refractivity contribution is -0.141. The number of carbonyl (C=O) groups excluding carboxylic acids is 1. The predicted molar refractivity (Wildman–Crippen MR) is 71.7 cm³/mol. The van der Waals surface area contributed by atoms with E-state index in [0.717, 1.165) is 38.8 Å². The molecule has 0 aliphatic carbocycles. The fourth-order valence-electron chi connectivity index (χ4n) is 2.75. The second-order valence-electron chi connectivity index (χ2n) is 5.83. The van der Waals surface area contributed by atoms with Gasteiger partial charge in [-0.05, 0) is 31.1 Å². The maximum Gasteiger partial charge on any atom is 0.230 e. The quantitative estimate of drug-likeness (QED) is 0.802. The number of nitrogens with zero attached hydrogens (tertiary/aromatic N) is 1. The normalized spacial score (nSPS) is 25.4. The lowest BCUT2D eigenvalue weighted by Crippen LogP contribution is -2.47. The van der Waals surface area contributed by atoms with Crippen LogP contribution in [0.3, 0.4) is 0 Å². The van der Waals surface area contributed by atoms with Crippen molar-refractivity contribution in [2.24, 2.45) is 16.6 Å². The summed E-state index contributed by atoms with van der Waals surface area (Å²) in [5, 5.41) is 0. The maximum absolute atomic E-state index is 12.6. The number of nitrogens with two attached hydrogens (primary N) is 1. The zero-order valence-electron chi connectivity index (χ0n) is 11.9. The molecule has 1 saturated heterocycles. The zero-order chi connectivity index (χ0) is 13.1. The van der Waals surface area contributed by atoms with Crippen LogP contribution in [0, 0.1) is 10.8 Å². The molecule has 3 nitrogen and oxygen atoms in total. The second-order valence-corrected chi connectivity index (χ2v) is 5.83. The summed E-state index contributed by atoms with van der Waals surface area (Å²) in [6.45, 7) is 10.9. The Kier molecular flexibility index (Phi) is 4.59. The molecule has 0 bridgehead atoms. The van der Waals surface area contributed by atoms with Crippen LogP contribution in [0.1, 0.15) is 53.4 Å². The van der Waals surface area contributed by atoms with Crippen molar-refractivity contribution in [3.05, 3.63) is 0 Å². The fraction of sp³-hybridized carbons (Fsp3) is 0.929. The molecule has 1 amide bonds. The summed E-state index contributed by atoms with van der Waals surface area (Å²) in [5.74, 6) is 0.280. The minimum absolute atomic E-state index is 0.280. The predicted octanol–water partition coefficient (Wildman–Crippen LogP) is 2.40. The molecule has 17 heavy (non-hydrogen) atoms. The van der Waals surface area contributed by atoms with Crippen LogP contribution in [-0.4, -0.2) is 30.4 Å². The molecule has 1 unspecified atom stereocenters. The number of amides is 1. The summed E-state index contributed by atoms with van der Waals surface area (Å²) < 4.78 is 0. The lowest BCUT2D eigenvalue weighted by Gasteiger charge is -2.34. The van der Waals surface area contributed by atoms with E-state index in [1.165, 1.54) is 0 Å². The lowest BCUT2D eigenvalue weighted by atomic mass is 9.81. The van der Waals surface area contributed by atoms with Crippen molar-refractivity contribution in [1.82, 2.24) is 4.90 Å². The topological polar surface area (TPSA) is 46.3 Å². The van der Waals surface area contributed by atoms with Crippen LogP contribution in [0.25, 0.3) is 0 Å². The minimum Gasteiger partial charge on any atom is -0.342 e. The van der Waals surface area contributed by atoms with Crippen molar-refractivity contribution >= 4 is 5.91 Å². The summed E-state index contributed by atoms with van der Waals surface area (Å²) in [7, 11) is 0. The van der Waals surface area contributed by atoms with E-state index >= 15 is 0 Å². The third-order valence-electron chi connectivity index (χ3n) is 4.90.